The molecule has 2 aliphatic rings. The lowest BCUT2D eigenvalue weighted by Crippen LogP contribution is -2.49. The molecular formula is C28H34N2O5. The second kappa shape index (κ2) is 11.4. The van der Waals surface area contributed by atoms with E-state index < -0.39 is 17.6 Å². The molecule has 0 radical (unpaired) electrons. The van der Waals surface area contributed by atoms with Crippen molar-refractivity contribution in [2.75, 3.05) is 13.2 Å². The summed E-state index contributed by atoms with van der Waals surface area (Å²) < 4.78 is 5.72. The van der Waals surface area contributed by atoms with E-state index in [1.807, 2.05) is 24.3 Å². The number of ether oxygens (including phenoxy) is 1. The number of rotatable bonds is 11. The van der Waals surface area contributed by atoms with Crippen molar-refractivity contribution in [2.45, 2.75) is 69.2 Å². The molecule has 0 heterocycles. The molecule has 0 unspecified atom stereocenters. The number of carboxylic acids is 1. The largest absolute Gasteiger partial charge is 0.481 e. The molecule has 0 bridgehead atoms. The van der Waals surface area contributed by atoms with Gasteiger partial charge in [0.1, 0.15) is 6.61 Å². The third-order valence-corrected chi connectivity index (χ3v) is 7.16. The van der Waals surface area contributed by atoms with Gasteiger partial charge in [0.05, 0.1) is 5.54 Å². The predicted molar refractivity (Wildman–Crippen MR) is 133 cm³/mol. The highest BCUT2D eigenvalue weighted by atomic mass is 16.5. The normalized spacial score (nSPS) is 15.8. The first kappa shape index (κ1) is 24.8. The van der Waals surface area contributed by atoms with E-state index in [1.165, 1.54) is 22.3 Å². The van der Waals surface area contributed by atoms with Gasteiger partial charge in [0, 0.05) is 25.3 Å². The topological polar surface area (TPSA) is 105 Å². The molecule has 35 heavy (non-hydrogen) atoms. The zero-order chi connectivity index (χ0) is 24.7. The van der Waals surface area contributed by atoms with Crippen molar-refractivity contribution < 1.29 is 24.2 Å². The lowest BCUT2D eigenvalue weighted by Gasteiger charge is -2.29. The summed E-state index contributed by atoms with van der Waals surface area (Å²) >= 11 is 0. The number of fused-ring (bicyclic) bond motifs is 3. The number of aliphatic carboxylic acids is 1. The predicted octanol–water partition coefficient (Wildman–Crippen LogP) is 4.99. The standard InChI is InChI=1S/C28H34N2O5/c31-25(29-17-9-1-2-14-26(32)33)18-28(15-7-8-16-28)30-27(34)35-19-24-22-12-5-3-10-20(22)21-11-4-6-13-23(21)24/h3-6,10-13,24H,1-2,7-9,14-19H2,(H,29,31)(H,30,34)(H,32,33). The molecule has 2 amide bonds. The Balaban J connectivity index is 1.28. The molecule has 1 fully saturated rings. The summed E-state index contributed by atoms with van der Waals surface area (Å²) in [6, 6.07) is 16.5. The van der Waals surface area contributed by atoms with Crippen LogP contribution in [-0.4, -0.2) is 41.8 Å². The third-order valence-electron chi connectivity index (χ3n) is 7.16. The Bertz CT molecular complexity index is 1020. The number of carbonyl (C=O) groups is 3. The van der Waals surface area contributed by atoms with Crippen LogP contribution in [0.15, 0.2) is 48.5 Å². The lowest BCUT2D eigenvalue weighted by molar-refractivity contribution is -0.137. The van der Waals surface area contributed by atoms with Gasteiger partial charge >= 0.3 is 12.1 Å². The van der Waals surface area contributed by atoms with E-state index in [4.69, 9.17) is 9.84 Å². The van der Waals surface area contributed by atoms with Crippen LogP contribution in [0.5, 0.6) is 0 Å². The van der Waals surface area contributed by atoms with Crippen molar-refractivity contribution in [3.8, 4) is 11.1 Å². The number of hydrogen-bond acceptors (Lipinski definition) is 4. The average molecular weight is 479 g/mol. The molecule has 0 spiro atoms. The first-order chi connectivity index (χ1) is 17.0. The maximum atomic E-state index is 12.8. The SMILES string of the molecule is O=C(O)CCCCCNC(=O)CC1(NC(=O)OCC2c3ccccc3-c3ccccc32)CCCC1. The number of hydrogen-bond donors (Lipinski definition) is 3. The number of amides is 2. The van der Waals surface area contributed by atoms with Gasteiger partial charge in [-0.25, -0.2) is 4.79 Å². The van der Waals surface area contributed by atoms with Crippen LogP contribution in [-0.2, 0) is 14.3 Å². The zero-order valence-corrected chi connectivity index (χ0v) is 20.1. The Morgan fingerprint density at radius 2 is 1.54 bits per heavy atom. The second-order valence-electron chi connectivity index (χ2n) is 9.67. The van der Waals surface area contributed by atoms with Crippen LogP contribution in [0.25, 0.3) is 11.1 Å². The van der Waals surface area contributed by atoms with Crippen molar-refractivity contribution in [1.82, 2.24) is 10.6 Å². The van der Waals surface area contributed by atoms with Gasteiger partial charge in [0.25, 0.3) is 0 Å². The van der Waals surface area contributed by atoms with Crippen molar-refractivity contribution >= 4 is 18.0 Å². The van der Waals surface area contributed by atoms with Gasteiger partial charge in [-0.3, -0.25) is 9.59 Å². The maximum Gasteiger partial charge on any atom is 0.407 e. The van der Waals surface area contributed by atoms with Gasteiger partial charge in [-0.1, -0.05) is 67.8 Å². The van der Waals surface area contributed by atoms with E-state index in [9.17, 15) is 14.4 Å². The van der Waals surface area contributed by atoms with E-state index in [1.54, 1.807) is 0 Å². The van der Waals surface area contributed by atoms with Crippen LogP contribution < -0.4 is 10.6 Å². The van der Waals surface area contributed by atoms with E-state index in [2.05, 4.69) is 34.9 Å². The van der Waals surface area contributed by atoms with Crippen molar-refractivity contribution in [2.24, 2.45) is 0 Å². The fraction of sp³-hybridized carbons (Fsp3) is 0.464. The van der Waals surface area contributed by atoms with Gasteiger partial charge in [0.15, 0.2) is 0 Å². The third kappa shape index (κ3) is 6.21. The van der Waals surface area contributed by atoms with E-state index >= 15 is 0 Å². The highest BCUT2D eigenvalue weighted by Crippen LogP contribution is 2.44. The molecule has 2 aliphatic carbocycles. The Morgan fingerprint density at radius 3 is 2.17 bits per heavy atom. The minimum Gasteiger partial charge on any atom is -0.481 e. The first-order valence-corrected chi connectivity index (χ1v) is 12.6. The summed E-state index contributed by atoms with van der Waals surface area (Å²) in [6.07, 6.45) is 5.45. The van der Waals surface area contributed by atoms with Gasteiger partial charge in [-0.05, 0) is 47.9 Å². The molecule has 7 nitrogen and oxygen atoms in total. The molecular weight excluding hydrogens is 444 g/mol. The molecule has 0 atom stereocenters. The van der Waals surface area contributed by atoms with E-state index in [0.29, 0.717) is 13.0 Å². The minimum absolute atomic E-state index is 0.00268. The number of nitrogens with one attached hydrogen (secondary N) is 2. The number of benzene rings is 2. The van der Waals surface area contributed by atoms with Crippen molar-refractivity contribution in [1.29, 1.82) is 0 Å². The van der Waals surface area contributed by atoms with Gasteiger partial charge in [0.2, 0.25) is 5.91 Å². The first-order valence-electron chi connectivity index (χ1n) is 12.6. The number of carbonyl (C=O) groups excluding carboxylic acids is 2. The highest BCUT2D eigenvalue weighted by molar-refractivity contribution is 5.80. The van der Waals surface area contributed by atoms with Gasteiger partial charge < -0.3 is 20.5 Å². The molecule has 0 saturated heterocycles. The molecule has 2 aromatic carbocycles. The minimum atomic E-state index is -0.795. The van der Waals surface area contributed by atoms with Crippen LogP contribution in [0.4, 0.5) is 4.79 Å². The summed E-state index contributed by atoms with van der Waals surface area (Å²) in [4.78, 5) is 36.0. The number of unbranched alkanes of at least 4 members (excludes halogenated alkanes) is 2. The Morgan fingerprint density at radius 1 is 0.914 bits per heavy atom. The molecule has 4 rings (SSSR count). The van der Waals surface area contributed by atoms with E-state index in [0.717, 1.165) is 38.5 Å². The summed E-state index contributed by atoms with van der Waals surface area (Å²) in [6.45, 7) is 0.762. The summed E-state index contributed by atoms with van der Waals surface area (Å²) in [5, 5.41) is 14.6. The van der Waals surface area contributed by atoms with E-state index in [-0.39, 0.29) is 31.3 Å². The Labute approximate surface area is 206 Å². The maximum absolute atomic E-state index is 12.8. The zero-order valence-electron chi connectivity index (χ0n) is 20.1. The summed E-state index contributed by atoms with van der Waals surface area (Å²) in [5.41, 5.74) is 4.13. The van der Waals surface area contributed by atoms with Gasteiger partial charge in [-0.15, -0.1) is 0 Å². The second-order valence-corrected chi connectivity index (χ2v) is 9.67. The highest BCUT2D eigenvalue weighted by Gasteiger charge is 2.38. The smallest absolute Gasteiger partial charge is 0.407 e. The molecule has 0 aromatic heterocycles. The molecule has 1 saturated carbocycles. The number of alkyl carbamates (subject to hydrolysis) is 1. The Kier molecular flexibility index (Phi) is 8.06. The molecule has 7 heteroatoms. The Hall–Kier alpha value is -3.35. The molecule has 2 aromatic rings. The van der Waals surface area contributed by atoms with Crippen LogP contribution in [0.2, 0.25) is 0 Å². The fourth-order valence-electron chi connectivity index (χ4n) is 5.42. The van der Waals surface area contributed by atoms with Crippen LogP contribution in [0.1, 0.15) is 74.8 Å². The quantitative estimate of drug-likeness (QED) is 0.395. The van der Waals surface area contributed by atoms with Crippen LogP contribution in [0.3, 0.4) is 0 Å². The lowest BCUT2D eigenvalue weighted by atomic mass is 9.93. The molecule has 0 aliphatic heterocycles. The summed E-state index contributed by atoms with van der Waals surface area (Å²) in [7, 11) is 0. The fourth-order valence-corrected chi connectivity index (χ4v) is 5.42. The monoisotopic (exact) mass is 478 g/mol. The summed E-state index contributed by atoms with van der Waals surface area (Å²) in [5.74, 6) is -0.891. The van der Waals surface area contributed by atoms with Crippen LogP contribution >= 0.6 is 0 Å². The van der Waals surface area contributed by atoms with Crippen molar-refractivity contribution in [3.63, 3.8) is 0 Å². The molecule has 3 N–H and O–H groups in total. The van der Waals surface area contributed by atoms with Crippen molar-refractivity contribution in [3.05, 3.63) is 59.7 Å². The molecule has 186 valence electrons. The van der Waals surface area contributed by atoms with Gasteiger partial charge in [-0.2, -0.15) is 0 Å². The number of carboxylic acid groups (broad SMARTS) is 1. The van der Waals surface area contributed by atoms with Crippen LogP contribution in [0, 0.1) is 0 Å². The average Bonchev–Trinajstić information content (AvgIpc) is 3.42.